The van der Waals surface area contributed by atoms with Crippen LogP contribution in [0.2, 0.25) is 0 Å². The predicted octanol–water partition coefficient (Wildman–Crippen LogP) is 0.700. The maximum Gasteiger partial charge on any atom is 0.353 e. The van der Waals surface area contributed by atoms with E-state index >= 15 is 0 Å². The molecule has 11 nitrogen and oxygen atoms in total. The molecule has 0 aliphatic carbocycles. The molecule has 2 atom stereocenters. The Kier molecular flexibility index (Phi) is 7.58. The summed E-state index contributed by atoms with van der Waals surface area (Å²) in [4.78, 5) is 49.0. The number of aromatic nitrogens is 1. The molecule has 3 aliphatic rings. The van der Waals surface area contributed by atoms with Crippen molar-refractivity contribution in [2.24, 2.45) is 5.16 Å². The maximum atomic E-state index is 12.7. The average molecular weight is 524 g/mol. The number of nitrogen functional groups attached to an aromatic ring is 1. The zero-order valence-electron chi connectivity index (χ0n) is 18.2. The summed E-state index contributed by atoms with van der Waals surface area (Å²) in [6.07, 6.45) is 5.87. The number of nitrogens with two attached hydrogens (primary N) is 1. The number of hydrogen-bond donors (Lipinski definition) is 3. The number of carboxylic acids is 1. The minimum Gasteiger partial charge on any atom is -0.477 e. The van der Waals surface area contributed by atoms with Crippen molar-refractivity contribution in [1.82, 2.24) is 15.2 Å². The predicted molar refractivity (Wildman–Crippen MR) is 132 cm³/mol. The van der Waals surface area contributed by atoms with E-state index in [1.807, 2.05) is 19.3 Å². The number of nitrogens with zero attached hydrogens (tertiary/aromatic N) is 4. The van der Waals surface area contributed by atoms with Crippen molar-refractivity contribution in [2.75, 3.05) is 30.8 Å². The third-order valence-electron chi connectivity index (χ3n) is 5.29. The Hall–Kier alpha value is -2.84. The summed E-state index contributed by atoms with van der Waals surface area (Å²) in [5.41, 5.74) is 6.13. The van der Waals surface area contributed by atoms with E-state index in [4.69, 9.17) is 10.6 Å². The number of rotatable bonds is 9. The molecule has 2 unspecified atom stereocenters. The van der Waals surface area contributed by atoms with Crippen molar-refractivity contribution in [1.29, 1.82) is 0 Å². The van der Waals surface area contributed by atoms with Crippen LogP contribution in [0.15, 0.2) is 32.1 Å². The number of anilines is 1. The van der Waals surface area contributed by atoms with E-state index < -0.39 is 29.9 Å². The van der Waals surface area contributed by atoms with Crippen molar-refractivity contribution in [3.05, 3.63) is 32.7 Å². The van der Waals surface area contributed by atoms with Crippen LogP contribution >= 0.6 is 34.9 Å². The van der Waals surface area contributed by atoms with E-state index in [1.54, 1.807) is 17.1 Å². The highest BCUT2D eigenvalue weighted by Gasteiger charge is 2.53. The third kappa shape index (κ3) is 5.45. The molecular weight excluding hydrogens is 500 g/mol. The standard InChI is InChI=1S/C20H22N6O5S3/c1-25-4-2-12(3-5-25)32-10-14-17(19(29)30)26-13(9-33-14)16(18(26)28)24-15(27)6-22-31-7-11-8-34-20(21)23-11/h2,4,6,8,13,16H,3,5,7,9-10H2,1H3,(H3-,21,23,24,27,29,30)/p+1. The van der Waals surface area contributed by atoms with E-state index in [0.717, 1.165) is 19.2 Å². The first-order valence-corrected chi connectivity index (χ1v) is 13.1. The van der Waals surface area contributed by atoms with Crippen LogP contribution in [0.1, 0.15) is 12.1 Å². The van der Waals surface area contributed by atoms with E-state index in [1.165, 1.54) is 32.9 Å². The second-order valence-electron chi connectivity index (χ2n) is 7.64. The van der Waals surface area contributed by atoms with Crippen molar-refractivity contribution < 1.29 is 28.9 Å². The van der Waals surface area contributed by atoms with Gasteiger partial charge in [0.05, 0.1) is 11.7 Å². The highest BCUT2D eigenvalue weighted by Crippen LogP contribution is 2.41. The fourth-order valence-corrected chi connectivity index (χ4v) is 6.51. The number of β-lactam (4-membered cyclic amide) rings is 1. The first-order chi connectivity index (χ1) is 16.3. The van der Waals surface area contributed by atoms with Crippen LogP contribution in [0.25, 0.3) is 0 Å². The highest BCUT2D eigenvalue weighted by molar-refractivity contribution is 8.07. The first-order valence-electron chi connectivity index (χ1n) is 10.3. The van der Waals surface area contributed by atoms with Gasteiger partial charge in [0.1, 0.15) is 31.5 Å². The van der Waals surface area contributed by atoms with Crippen LogP contribution < -0.4 is 11.1 Å². The molecule has 1 aromatic heterocycles. The molecule has 0 spiro atoms. The van der Waals surface area contributed by atoms with Gasteiger partial charge in [-0.05, 0) is 4.91 Å². The highest BCUT2D eigenvalue weighted by atomic mass is 32.2. The molecule has 1 saturated heterocycles. The number of oxime groups is 1. The number of allylic oxidation sites excluding steroid dienone is 1. The van der Waals surface area contributed by atoms with Crippen LogP contribution in [0.3, 0.4) is 0 Å². The molecular formula is C20H23N6O5S3+. The Morgan fingerprint density at radius 2 is 2.35 bits per heavy atom. The van der Waals surface area contributed by atoms with Crippen LogP contribution in [-0.2, 0) is 25.8 Å². The number of hydrogen-bond acceptors (Lipinski definition) is 10. The van der Waals surface area contributed by atoms with Gasteiger partial charge >= 0.3 is 5.97 Å². The number of fused-ring (bicyclic) bond motifs is 1. The molecule has 0 bridgehead atoms. The third-order valence-corrected chi connectivity index (χ3v) is 8.54. The minimum absolute atomic E-state index is 0.00120. The van der Waals surface area contributed by atoms with Crippen molar-refractivity contribution in [3.63, 3.8) is 0 Å². The van der Waals surface area contributed by atoms with Gasteiger partial charge < -0.3 is 21.0 Å². The van der Waals surface area contributed by atoms with Crippen LogP contribution in [-0.4, -0.2) is 87.0 Å². The van der Waals surface area contributed by atoms with E-state index in [0.29, 0.717) is 27.2 Å². The smallest absolute Gasteiger partial charge is 0.353 e. The SMILES string of the molecule is C[N+]1=CC=C(SCC2=C(C(=O)O)N3C(=O)C(NC(=O)C=NOCc4csc(N)n4)C3CS2)CC1. The molecule has 34 heavy (non-hydrogen) atoms. The lowest BCUT2D eigenvalue weighted by molar-refractivity contribution is -0.492. The summed E-state index contributed by atoms with van der Waals surface area (Å²) in [6, 6.07) is -1.23. The zero-order chi connectivity index (χ0) is 24.2. The summed E-state index contributed by atoms with van der Waals surface area (Å²) in [5, 5.41) is 18.1. The van der Waals surface area contributed by atoms with Gasteiger partial charge in [0.25, 0.3) is 11.8 Å². The number of carbonyl (C=O) groups excluding carboxylic acids is 2. The second kappa shape index (κ2) is 10.6. The fourth-order valence-electron chi connectivity index (χ4n) is 3.57. The van der Waals surface area contributed by atoms with Gasteiger partial charge in [-0.2, -0.15) is 0 Å². The molecule has 0 saturated carbocycles. The van der Waals surface area contributed by atoms with Gasteiger partial charge in [0.15, 0.2) is 18.0 Å². The van der Waals surface area contributed by atoms with E-state index in [-0.39, 0.29) is 12.3 Å². The first kappa shape index (κ1) is 24.3. The van der Waals surface area contributed by atoms with Crippen molar-refractivity contribution in [3.8, 4) is 0 Å². The lowest BCUT2D eigenvalue weighted by atomic mass is 9.94. The Morgan fingerprint density at radius 3 is 3.03 bits per heavy atom. The molecule has 0 radical (unpaired) electrons. The number of aliphatic carboxylic acids is 1. The lowest BCUT2D eigenvalue weighted by Crippen LogP contribution is -2.72. The largest absolute Gasteiger partial charge is 0.477 e. The average Bonchev–Trinajstić information content (AvgIpc) is 3.24. The molecule has 4 rings (SSSR count). The van der Waals surface area contributed by atoms with Gasteiger partial charge in [-0.3, -0.25) is 14.5 Å². The van der Waals surface area contributed by atoms with E-state index in [2.05, 4.69) is 20.0 Å². The molecule has 4 heterocycles. The monoisotopic (exact) mass is 523 g/mol. The number of nitrogens with one attached hydrogen (secondary N) is 1. The fraction of sp³-hybridized carbons (Fsp3) is 0.400. The number of thioether (sulfide) groups is 2. The summed E-state index contributed by atoms with van der Waals surface area (Å²) in [6.45, 7) is 0.977. The summed E-state index contributed by atoms with van der Waals surface area (Å²) < 4.78 is 2.09. The normalized spacial score (nSPS) is 22.1. The molecule has 4 N–H and O–H groups in total. The minimum atomic E-state index is -1.15. The van der Waals surface area contributed by atoms with Gasteiger partial charge in [0, 0.05) is 34.3 Å². The topological polar surface area (TPSA) is 150 Å². The van der Waals surface area contributed by atoms with Gasteiger partial charge in [0.2, 0.25) is 0 Å². The Morgan fingerprint density at radius 1 is 1.53 bits per heavy atom. The van der Waals surface area contributed by atoms with Gasteiger partial charge in [-0.15, -0.1) is 34.9 Å². The van der Waals surface area contributed by atoms with E-state index in [9.17, 15) is 19.5 Å². The van der Waals surface area contributed by atoms with Gasteiger partial charge in [-0.25, -0.2) is 14.4 Å². The Bertz CT molecular complexity index is 1130. The van der Waals surface area contributed by atoms with Crippen molar-refractivity contribution >= 4 is 70.2 Å². The van der Waals surface area contributed by atoms with Crippen LogP contribution in [0.5, 0.6) is 0 Å². The lowest BCUT2D eigenvalue weighted by Gasteiger charge is -2.49. The summed E-state index contributed by atoms with van der Waals surface area (Å²) in [5.74, 6) is -1.22. The molecule has 180 valence electrons. The van der Waals surface area contributed by atoms with Gasteiger partial charge in [-0.1, -0.05) is 5.16 Å². The number of amides is 2. The molecule has 1 fully saturated rings. The van der Waals surface area contributed by atoms with Crippen LogP contribution in [0.4, 0.5) is 5.13 Å². The number of thiazole rings is 1. The molecule has 0 aromatic carbocycles. The summed E-state index contributed by atoms with van der Waals surface area (Å²) in [7, 11) is 2.00. The number of carbonyl (C=O) groups is 3. The molecule has 1 aromatic rings. The second-order valence-corrected chi connectivity index (χ2v) is 10.7. The zero-order valence-corrected chi connectivity index (χ0v) is 20.6. The van der Waals surface area contributed by atoms with Crippen molar-refractivity contribution in [2.45, 2.75) is 25.1 Å². The quantitative estimate of drug-likeness (QED) is 0.184. The molecule has 14 heteroatoms. The Labute approximate surface area is 207 Å². The molecule has 3 aliphatic heterocycles. The Balaban J connectivity index is 1.33. The molecule has 2 amide bonds. The van der Waals surface area contributed by atoms with Crippen LogP contribution in [0, 0.1) is 0 Å². The number of carboxylic acid groups (broad SMARTS) is 1. The maximum absolute atomic E-state index is 12.7. The summed E-state index contributed by atoms with van der Waals surface area (Å²) >= 11 is 4.28.